The SMILES string of the molecule is CC(C)CCNC(=O)C(C)Oc1cc(Cl)ccc1N. The minimum atomic E-state index is -0.604. The van der Waals surface area contributed by atoms with Crippen LogP contribution in [0.1, 0.15) is 27.2 Å². The highest BCUT2D eigenvalue weighted by Crippen LogP contribution is 2.26. The molecule has 0 aliphatic heterocycles. The number of benzene rings is 1. The summed E-state index contributed by atoms with van der Waals surface area (Å²) in [6.45, 7) is 6.55. The van der Waals surface area contributed by atoms with Crippen LogP contribution in [0.25, 0.3) is 0 Å². The van der Waals surface area contributed by atoms with Crippen LogP contribution in [0.15, 0.2) is 18.2 Å². The molecule has 0 fully saturated rings. The lowest BCUT2D eigenvalue weighted by Gasteiger charge is -2.16. The van der Waals surface area contributed by atoms with Crippen LogP contribution in [-0.4, -0.2) is 18.6 Å². The van der Waals surface area contributed by atoms with Gasteiger partial charge in [0.15, 0.2) is 6.10 Å². The summed E-state index contributed by atoms with van der Waals surface area (Å²) < 4.78 is 5.52. The molecule has 19 heavy (non-hydrogen) atoms. The highest BCUT2D eigenvalue weighted by molar-refractivity contribution is 6.30. The number of carbonyl (C=O) groups excluding carboxylic acids is 1. The zero-order valence-electron chi connectivity index (χ0n) is 11.6. The maximum Gasteiger partial charge on any atom is 0.260 e. The lowest BCUT2D eigenvalue weighted by molar-refractivity contribution is -0.127. The zero-order valence-corrected chi connectivity index (χ0v) is 12.3. The van der Waals surface area contributed by atoms with Gasteiger partial charge in [0.05, 0.1) is 5.69 Å². The minimum absolute atomic E-state index is 0.153. The Labute approximate surface area is 119 Å². The van der Waals surface area contributed by atoms with Crippen molar-refractivity contribution in [3.05, 3.63) is 23.2 Å². The third-order valence-electron chi connectivity index (χ3n) is 2.67. The number of nitrogens with one attached hydrogen (secondary N) is 1. The van der Waals surface area contributed by atoms with Crippen LogP contribution in [0.2, 0.25) is 5.02 Å². The van der Waals surface area contributed by atoms with Gasteiger partial charge in [-0.2, -0.15) is 0 Å². The van der Waals surface area contributed by atoms with E-state index in [0.717, 1.165) is 6.42 Å². The summed E-state index contributed by atoms with van der Waals surface area (Å²) in [6.07, 6.45) is 0.338. The number of nitrogen functional groups attached to an aromatic ring is 1. The molecule has 106 valence electrons. The predicted octanol–water partition coefficient (Wildman–Crippen LogP) is 2.85. The molecule has 0 aromatic heterocycles. The second-order valence-electron chi connectivity index (χ2n) is 4.92. The molecule has 1 unspecified atom stereocenters. The first kappa shape index (κ1) is 15.6. The fourth-order valence-corrected chi connectivity index (χ4v) is 1.64. The monoisotopic (exact) mass is 284 g/mol. The first-order chi connectivity index (χ1) is 8.90. The second-order valence-corrected chi connectivity index (χ2v) is 5.35. The molecule has 1 aromatic carbocycles. The molecule has 1 rings (SSSR count). The summed E-state index contributed by atoms with van der Waals surface area (Å²) in [7, 11) is 0. The van der Waals surface area contributed by atoms with Gasteiger partial charge in [0.2, 0.25) is 0 Å². The Balaban J connectivity index is 2.51. The Hall–Kier alpha value is -1.42. The van der Waals surface area contributed by atoms with E-state index in [4.69, 9.17) is 22.1 Å². The van der Waals surface area contributed by atoms with Gasteiger partial charge in [-0.3, -0.25) is 4.79 Å². The lowest BCUT2D eigenvalue weighted by Crippen LogP contribution is -2.37. The van der Waals surface area contributed by atoms with E-state index in [1.807, 2.05) is 0 Å². The number of halogens is 1. The fraction of sp³-hybridized carbons (Fsp3) is 0.500. The van der Waals surface area contributed by atoms with Crippen LogP contribution in [-0.2, 0) is 4.79 Å². The number of amides is 1. The largest absolute Gasteiger partial charge is 0.479 e. The van der Waals surface area contributed by atoms with Crippen molar-refractivity contribution < 1.29 is 9.53 Å². The van der Waals surface area contributed by atoms with Gasteiger partial charge in [-0.25, -0.2) is 0 Å². The highest BCUT2D eigenvalue weighted by Gasteiger charge is 2.15. The first-order valence-electron chi connectivity index (χ1n) is 6.39. The van der Waals surface area contributed by atoms with Gasteiger partial charge >= 0.3 is 0 Å². The van der Waals surface area contributed by atoms with Gasteiger partial charge in [0.1, 0.15) is 5.75 Å². The van der Waals surface area contributed by atoms with Crippen LogP contribution in [0.5, 0.6) is 5.75 Å². The topological polar surface area (TPSA) is 64.3 Å². The summed E-state index contributed by atoms with van der Waals surface area (Å²) in [6, 6.07) is 4.94. The van der Waals surface area contributed by atoms with Crippen LogP contribution < -0.4 is 15.8 Å². The van der Waals surface area contributed by atoms with E-state index in [0.29, 0.717) is 28.9 Å². The molecule has 1 aromatic rings. The third-order valence-corrected chi connectivity index (χ3v) is 2.90. The Morgan fingerprint density at radius 2 is 2.11 bits per heavy atom. The summed E-state index contributed by atoms with van der Waals surface area (Å²) >= 11 is 5.86. The smallest absolute Gasteiger partial charge is 0.260 e. The van der Waals surface area contributed by atoms with Crippen molar-refractivity contribution in [3.63, 3.8) is 0 Å². The van der Waals surface area contributed by atoms with E-state index in [1.165, 1.54) is 0 Å². The predicted molar refractivity (Wildman–Crippen MR) is 78.4 cm³/mol. The zero-order chi connectivity index (χ0) is 14.4. The molecule has 0 saturated heterocycles. The molecule has 0 bridgehead atoms. The molecular weight excluding hydrogens is 264 g/mol. The first-order valence-corrected chi connectivity index (χ1v) is 6.77. The van der Waals surface area contributed by atoms with Crippen LogP contribution >= 0.6 is 11.6 Å². The number of nitrogens with two attached hydrogens (primary N) is 1. The Kier molecular flexibility index (Phi) is 5.96. The van der Waals surface area contributed by atoms with Crippen molar-refractivity contribution in [2.75, 3.05) is 12.3 Å². The fourth-order valence-electron chi connectivity index (χ4n) is 1.48. The normalized spacial score (nSPS) is 12.3. The molecule has 4 nitrogen and oxygen atoms in total. The molecule has 5 heteroatoms. The number of ether oxygens (including phenoxy) is 1. The number of carbonyl (C=O) groups is 1. The van der Waals surface area contributed by atoms with Gasteiger partial charge in [0.25, 0.3) is 5.91 Å². The van der Waals surface area contributed by atoms with Crippen molar-refractivity contribution >= 4 is 23.2 Å². The van der Waals surface area contributed by atoms with Gasteiger partial charge in [-0.15, -0.1) is 0 Å². The summed E-state index contributed by atoms with van der Waals surface area (Å²) in [5.74, 6) is 0.833. The third kappa shape index (κ3) is 5.39. The van der Waals surface area contributed by atoms with Crippen molar-refractivity contribution in [3.8, 4) is 5.75 Å². The number of hydrogen-bond donors (Lipinski definition) is 2. The van der Waals surface area contributed by atoms with E-state index in [-0.39, 0.29) is 5.91 Å². The molecule has 0 aliphatic rings. The van der Waals surface area contributed by atoms with Gasteiger partial charge in [-0.05, 0) is 31.4 Å². The second kappa shape index (κ2) is 7.24. The van der Waals surface area contributed by atoms with E-state index in [9.17, 15) is 4.79 Å². The maximum atomic E-state index is 11.8. The molecule has 1 amide bonds. The molecule has 0 saturated carbocycles. The van der Waals surface area contributed by atoms with E-state index in [1.54, 1.807) is 25.1 Å². The van der Waals surface area contributed by atoms with E-state index in [2.05, 4.69) is 19.2 Å². The van der Waals surface area contributed by atoms with E-state index >= 15 is 0 Å². The van der Waals surface area contributed by atoms with Crippen molar-refractivity contribution in [2.45, 2.75) is 33.3 Å². The Morgan fingerprint density at radius 1 is 1.42 bits per heavy atom. The molecule has 0 radical (unpaired) electrons. The molecule has 0 heterocycles. The Morgan fingerprint density at radius 3 is 2.74 bits per heavy atom. The van der Waals surface area contributed by atoms with Gasteiger partial charge in [-0.1, -0.05) is 25.4 Å². The van der Waals surface area contributed by atoms with Crippen LogP contribution in [0.3, 0.4) is 0 Å². The van der Waals surface area contributed by atoms with Crippen molar-refractivity contribution in [1.82, 2.24) is 5.32 Å². The molecule has 0 aliphatic carbocycles. The van der Waals surface area contributed by atoms with Crippen LogP contribution in [0.4, 0.5) is 5.69 Å². The van der Waals surface area contributed by atoms with Crippen molar-refractivity contribution in [2.24, 2.45) is 5.92 Å². The maximum absolute atomic E-state index is 11.8. The summed E-state index contributed by atoms with van der Waals surface area (Å²) in [5.41, 5.74) is 6.23. The van der Waals surface area contributed by atoms with Crippen LogP contribution in [0, 0.1) is 5.92 Å². The number of hydrogen-bond acceptors (Lipinski definition) is 3. The number of anilines is 1. The van der Waals surface area contributed by atoms with Gasteiger partial charge in [0, 0.05) is 17.6 Å². The molecule has 1 atom stereocenters. The summed E-state index contributed by atoms with van der Waals surface area (Å²) in [5, 5.41) is 3.35. The highest BCUT2D eigenvalue weighted by atomic mass is 35.5. The standard InChI is InChI=1S/C14H21ClN2O2/c1-9(2)6-7-17-14(18)10(3)19-13-8-11(15)4-5-12(13)16/h4-5,8-10H,6-7,16H2,1-3H3,(H,17,18). The van der Waals surface area contributed by atoms with E-state index < -0.39 is 6.10 Å². The number of rotatable bonds is 6. The Bertz CT molecular complexity index is 435. The quantitative estimate of drug-likeness (QED) is 0.790. The molecule has 0 spiro atoms. The van der Waals surface area contributed by atoms with Crippen molar-refractivity contribution in [1.29, 1.82) is 0 Å². The lowest BCUT2D eigenvalue weighted by atomic mass is 10.1. The summed E-state index contributed by atoms with van der Waals surface area (Å²) in [4.78, 5) is 11.8. The minimum Gasteiger partial charge on any atom is -0.479 e. The average molecular weight is 285 g/mol. The average Bonchev–Trinajstić information content (AvgIpc) is 2.33. The molecule has 3 N–H and O–H groups in total. The molecular formula is C14H21ClN2O2. The van der Waals surface area contributed by atoms with Gasteiger partial charge < -0.3 is 15.8 Å².